The highest BCUT2D eigenvalue weighted by Gasteiger charge is 2.10. The summed E-state index contributed by atoms with van der Waals surface area (Å²) in [7, 11) is 0. The van der Waals surface area contributed by atoms with Crippen molar-refractivity contribution >= 4 is 28.2 Å². The van der Waals surface area contributed by atoms with Crippen molar-refractivity contribution in [3.8, 4) is 11.5 Å². The normalized spacial score (nSPS) is 10.0. The number of aryl methyl sites for hydroxylation is 1. The first kappa shape index (κ1) is 15.3. The second-order valence-corrected chi connectivity index (χ2v) is 5.24. The van der Waals surface area contributed by atoms with Gasteiger partial charge in [-0.15, -0.1) is 0 Å². The molecule has 0 N–H and O–H groups in total. The lowest BCUT2D eigenvalue weighted by Gasteiger charge is -2.10. The van der Waals surface area contributed by atoms with Crippen LogP contribution in [-0.4, -0.2) is 18.9 Å². The van der Waals surface area contributed by atoms with Crippen molar-refractivity contribution < 1.29 is 19.1 Å². The number of benzene rings is 2. The average Bonchev–Trinajstić information content (AvgIpc) is 2.47. The highest BCUT2D eigenvalue weighted by molar-refractivity contribution is 9.10. The number of para-hydroxylation sites is 1. The molecule has 108 valence electrons. The molecule has 21 heavy (non-hydrogen) atoms. The van der Waals surface area contributed by atoms with Gasteiger partial charge in [0, 0.05) is 4.47 Å². The maximum atomic E-state index is 11.8. The SMILES string of the molecule is Cc1cc(Br)ccc1OCC(=O)Oc1ccccc1C=O. The molecule has 0 atom stereocenters. The first-order valence-electron chi connectivity index (χ1n) is 6.24. The number of rotatable bonds is 5. The Bertz CT molecular complexity index is 667. The molecule has 0 aliphatic carbocycles. The van der Waals surface area contributed by atoms with Crippen LogP contribution in [-0.2, 0) is 4.79 Å². The number of hydrogen-bond acceptors (Lipinski definition) is 4. The molecule has 0 unspecified atom stereocenters. The molecule has 0 aliphatic heterocycles. The second-order valence-electron chi connectivity index (χ2n) is 4.33. The Hall–Kier alpha value is -2.14. The Morgan fingerprint density at radius 1 is 1.19 bits per heavy atom. The molecular formula is C16H13BrO4. The van der Waals surface area contributed by atoms with Crippen LogP contribution in [0.25, 0.3) is 0 Å². The summed E-state index contributed by atoms with van der Waals surface area (Å²) >= 11 is 3.36. The van der Waals surface area contributed by atoms with Crippen molar-refractivity contribution in [2.24, 2.45) is 0 Å². The summed E-state index contributed by atoms with van der Waals surface area (Å²) in [4.78, 5) is 22.6. The summed E-state index contributed by atoms with van der Waals surface area (Å²) < 4.78 is 11.5. The molecule has 2 aromatic rings. The summed E-state index contributed by atoms with van der Waals surface area (Å²) in [6.45, 7) is 1.66. The summed E-state index contributed by atoms with van der Waals surface area (Å²) in [6.07, 6.45) is 0.641. The Kier molecular flexibility index (Phi) is 5.11. The lowest BCUT2D eigenvalue weighted by molar-refractivity contribution is -0.136. The van der Waals surface area contributed by atoms with Gasteiger partial charge < -0.3 is 9.47 Å². The molecule has 2 aromatic carbocycles. The van der Waals surface area contributed by atoms with Gasteiger partial charge in [0.15, 0.2) is 12.9 Å². The molecule has 0 amide bonds. The van der Waals surface area contributed by atoms with E-state index in [1.54, 1.807) is 30.3 Å². The van der Waals surface area contributed by atoms with Crippen LogP contribution < -0.4 is 9.47 Å². The van der Waals surface area contributed by atoms with Gasteiger partial charge in [-0.05, 0) is 42.8 Å². The first-order chi connectivity index (χ1) is 10.1. The third-order valence-electron chi connectivity index (χ3n) is 2.75. The first-order valence-corrected chi connectivity index (χ1v) is 7.03. The highest BCUT2D eigenvalue weighted by atomic mass is 79.9. The van der Waals surface area contributed by atoms with Crippen LogP contribution in [0.1, 0.15) is 15.9 Å². The topological polar surface area (TPSA) is 52.6 Å². The predicted molar refractivity (Wildman–Crippen MR) is 81.8 cm³/mol. The quantitative estimate of drug-likeness (QED) is 0.471. The number of ether oxygens (including phenoxy) is 2. The fourth-order valence-corrected chi connectivity index (χ4v) is 2.21. The summed E-state index contributed by atoms with van der Waals surface area (Å²) in [6, 6.07) is 12.0. The Balaban J connectivity index is 1.97. The molecule has 0 saturated heterocycles. The van der Waals surface area contributed by atoms with Gasteiger partial charge in [-0.2, -0.15) is 0 Å². The molecule has 2 rings (SSSR count). The maximum absolute atomic E-state index is 11.8. The molecular weight excluding hydrogens is 336 g/mol. The minimum Gasteiger partial charge on any atom is -0.482 e. The van der Waals surface area contributed by atoms with E-state index < -0.39 is 5.97 Å². The lowest BCUT2D eigenvalue weighted by atomic mass is 10.2. The van der Waals surface area contributed by atoms with E-state index in [1.807, 2.05) is 19.1 Å². The zero-order chi connectivity index (χ0) is 15.2. The van der Waals surface area contributed by atoms with Crippen LogP contribution >= 0.6 is 15.9 Å². The van der Waals surface area contributed by atoms with E-state index in [-0.39, 0.29) is 12.4 Å². The fourth-order valence-electron chi connectivity index (χ4n) is 1.73. The second kappa shape index (κ2) is 7.04. The predicted octanol–water partition coefficient (Wildman–Crippen LogP) is 3.55. The van der Waals surface area contributed by atoms with Gasteiger partial charge in [0.05, 0.1) is 5.56 Å². The molecule has 4 nitrogen and oxygen atoms in total. The van der Waals surface area contributed by atoms with Gasteiger partial charge in [-0.1, -0.05) is 28.1 Å². The van der Waals surface area contributed by atoms with Crippen molar-refractivity contribution in [2.75, 3.05) is 6.61 Å². The van der Waals surface area contributed by atoms with E-state index in [1.165, 1.54) is 0 Å². The average molecular weight is 349 g/mol. The maximum Gasteiger partial charge on any atom is 0.349 e. The van der Waals surface area contributed by atoms with Gasteiger partial charge in [0.1, 0.15) is 11.5 Å². The highest BCUT2D eigenvalue weighted by Crippen LogP contribution is 2.22. The van der Waals surface area contributed by atoms with Crippen molar-refractivity contribution in [3.05, 3.63) is 58.1 Å². The monoisotopic (exact) mass is 348 g/mol. The zero-order valence-electron chi connectivity index (χ0n) is 11.3. The summed E-state index contributed by atoms with van der Waals surface area (Å²) in [5.74, 6) is 0.277. The van der Waals surface area contributed by atoms with E-state index in [0.717, 1.165) is 10.0 Å². The summed E-state index contributed by atoms with van der Waals surface area (Å²) in [5.41, 5.74) is 1.23. The van der Waals surface area contributed by atoms with Crippen LogP contribution in [0, 0.1) is 6.92 Å². The molecule has 0 fully saturated rings. The van der Waals surface area contributed by atoms with Gasteiger partial charge in [-0.25, -0.2) is 4.79 Å². The number of hydrogen-bond donors (Lipinski definition) is 0. The van der Waals surface area contributed by atoms with Gasteiger partial charge in [-0.3, -0.25) is 4.79 Å². The Morgan fingerprint density at radius 2 is 1.95 bits per heavy atom. The van der Waals surface area contributed by atoms with Crippen LogP contribution in [0.15, 0.2) is 46.9 Å². The van der Waals surface area contributed by atoms with Crippen LogP contribution in [0.5, 0.6) is 11.5 Å². The van der Waals surface area contributed by atoms with E-state index in [9.17, 15) is 9.59 Å². The van der Waals surface area contributed by atoms with Gasteiger partial charge in [0.25, 0.3) is 0 Å². The Labute approximate surface area is 130 Å². The van der Waals surface area contributed by atoms with Crippen molar-refractivity contribution in [1.29, 1.82) is 0 Å². The van der Waals surface area contributed by atoms with Gasteiger partial charge in [0.2, 0.25) is 0 Å². The molecule has 0 radical (unpaired) electrons. The number of carbonyl (C=O) groups is 2. The third-order valence-corrected chi connectivity index (χ3v) is 3.25. The number of esters is 1. The Morgan fingerprint density at radius 3 is 2.67 bits per heavy atom. The minimum atomic E-state index is -0.563. The zero-order valence-corrected chi connectivity index (χ0v) is 12.9. The lowest BCUT2D eigenvalue weighted by Crippen LogP contribution is -2.18. The summed E-state index contributed by atoms with van der Waals surface area (Å²) in [5, 5.41) is 0. The smallest absolute Gasteiger partial charge is 0.349 e. The molecule has 0 aromatic heterocycles. The van der Waals surface area contributed by atoms with E-state index in [4.69, 9.17) is 9.47 Å². The van der Waals surface area contributed by atoms with Crippen molar-refractivity contribution in [3.63, 3.8) is 0 Å². The molecule has 0 bridgehead atoms. The van der Waals surface area contributed by atoms with Crippen LogP contribution in [0.3, 0.4) is 0 Å². The third kappa shape index (κ3) is 4.16. The molecule has 0 spiro atoms. The van der Waals surface area contributed by atoms with Crippen molar-refractivity contribution in [1.82, 2.24) is 0 Å². The number of halogens is 1. The largest absolute Gasteiger partial charge is 0.482 e. The number of aldehydes is 1. The van der Waals surface area contributed by atoms with E-state index in [0.29, 0.717) is 17.6 Å². The molecule has 5 heteroatoms. The molecule has 0 aliphatic rings. The van der Waals surface area contributed by atoms with Crippen LogP contribution in [0.2, 0.25) is 0 Å². The van der Waals surface area contributed by atoms with Crippen LogP contribution in [0.4, 0.5) is 0 Å². The van der Waals surface area contributed by atoms with E-state index in [2.05, 4.69) is 15.9 Å². The fraction of sp³-hybridized carbons (Fsp3) is 0.125. The molecule has 0 heterocycles. The standard InChI is InChI=1S/C16H13BrO4/c1-11-8-13(17)6-7-14(11)20-10-16(19)21-15-5-3-2-4-12(15)9-18/h2-9H,10H2,1H3. The van der Waals surface area contributed by atoms with E-state index >= 15 is 0 Å². The molecule has 0 saturated carbocycles. The number of carbonyl (C=O) groups excluding carboxylic acids is 2. The minimum absolute atomic E-state index is 0.227. The van der Waals surface area contributed by atoms with Gasteiger partial charge >= 0.3 is 5.97 Å². The van der Waals surface area contributed by atoms with Crippen molar-refractivity contribution in [2.45, 2.75) is 6.92 Å².